The largest absolute Gasteiger partial charge is 0.384 e. The zero-order valence-corrected chi connectivity index (χ0v) is 14.8. The van der Waals surface area contributed by atoms with E-state index in [0.29, 0.717) is 44.4 Å². The lowest BCUT2D eigenvalue weighted by molar-refractivity contribution is 0.0489. The Balaban J connectivity index is 1.51. The molecule has 26 heavy (non-hydrogen) atoms. The van der Waals surface area contributed by atoms with Crippen molar-refractivity contribution < 1.29 is 18.7 Å². The van der Waals surface area contributed by atoms with E-state index >= 15 is 0 Å². The van der Waals surface area contributed by atoms with Gasteiger partial charge in [-0.05, 0) is 35.4 Å². The molecule has 4 rings (SSSR count). The normalized spacial score (nSPS) is 24.7. The van der Waals surface area contributed by atoms with E-state index < -0.39 is 0 Å². The third-order valence-corrected chi connectivity index (χ3v) is 5.53. The van der Waals surface area contributed by atoms with Crippen LogP contribution in [0.15, 0.2) is 48.5 Å². The molecular weight excluding hydrogens is 333 g/mol. The number of carbonyl (C=O) groups excluding carboxylic acids is 1. The zero-order valence-electron chi connectivity index (χ0n) is 14.8. The lowest BCUT2D eigenvalue weighted by atomic mass is 9.82. The fourth-order valence-electron chi connectivity index (χ4n) is 4.13. The maximum Gasteiger partial charge on any atom is 0.253 e. The molecule has 136 valence electrons. The average Bonchev–Trinajstić information content (AvgIpc) is 3.18. The molecule has 2 fully saturated rings. The van der Waals surface area contributed by atoms with Crippen molar-refractivity contribution in [2.75, 3.05) is 40.0 Å². The summed E-state index contributed by atoms with van der Waals surface area (Å²) in [6, 6.07) is 13.8. The molecule has 2 aromatic rings. The number of nitrogens with zero attached hydrogens (tertiary/aromatic N) is 1. The van der Waals surface area contributed by atoms with Gasteiger partial charge in [-0.1, -0.05) is 24.3 Å². The quantitative estimate of drug-likeness (QED) is 0.845. The summed E-state index contributed by atoms with van der Waals surface area (Å²) in [5.41, 5.74) is 2.27. The van der Waals surface area contributed by atoms with Crippen LogP contribution in [0.25, 0.3) is 11.1 Å². The maximum absolute atomic E-state index is 13.4. The number of rotatable bonds is 4. The van der Waals surface area contributed by atoms with Crippen LogP contribution >= 0.6 is 0 Å². The van der Waals surface area contributed by atoms with E-state index in [1.807, 2.05) is 35.2 Å². The highest BCUT2D eigenvalue weighted by atomic mass is 19.1. The van der Waals surface area contributed by atoms with Crippen molar-refractivity contribution in [1.82, 2.24) is 4.90 Å². The number of carbonyl (C=O) groups is 1. The third-order valence-electron chi connectivity index (χ3n) is 5.53. The molecule has 1 amide bonds. The summed E-state index contributed by atoms with van der Waals surface area (Å²) < 4.78 is 24.4. The van der Waals surface area contributed by atoms with Crippen molar-refractivity contribution in [3.05, 3.63) is 59.9 Å². The summed E-state index contributed by atoms with van der Waals surface area (Å²) in [7, 11) is 1.69. The van der Waals surface area contributed by atoms with E-state index in [1.165, 1.54) is 12.1 Å². The smallest absolute Gasteiger partial charge is 0.253 e. The Labute approximate surface area is 152 Å². The van der Waals surface area contributed by atoms with Gasteiger partial charge in [0.15, 0.2) is 0 Å². The molecule has 0 bridgehead atoms. The SMILES string of the molecule is COC[C@@]12COC[C@@H]1CN(C(=O)c1ccc(-c3cccc(F)c3)cc1)C2. The third kappa shape index (κ3) is 3.02. The molecule has 0 saturated carbocycles. The van der Waals surface area contributed by atoms with Crippen molar-refractivity contribution in [3.63, 3.8) is 0 Å². The predicted molar refractivity (Wildman–Crippen MR) is 96.4 cm³/mol. The number of hydrogen-bond acceptors (Lipinski definition) is 3. The van der Waals surface area contributed by atoms with Crippen LogP contribution in [-0.4, -0.2) is 50.8 Å². The van der Waals surface area contributed by atoms with Crippen molar-refractivity contribution >= 4 is 5.91 Å². The van der Waals surface area contributed by atoms with Gasteiger partial charge in [0.05, 0.1) is 19.8 Å². The monoisotopic (exact) mass is 355 g/mol. The number of methoxy groups -OCH3 is 1. The lowest BCUT2D eigenvalue weighted by Gasteiger charge is -2.26. The lowest BCUT2D eigenvalue weighted by Crippen LogP contribution is -2.37. The first-order valence-electron chi connectivity index (χ1n) is 8.83. The molecule has 0 spiro atoms. The van der Waals surface area contributed by atoms with Crippen LogP contribution in [0.3, 0.4) is 0 Å². The zero-order chi connectivity index (χ0) is 18.1. The minimum atomic E-state index is -0.267. The number of ether oxygens (including phenoxy) is 2. The number of hydrogen-bond donors (Lipinski definition) is 0. The van der Waals surface area contributed by atoms with Gasteiger partial charge in [0, 0.05) is 37.1 Å². The van der Waals surface area contributed by atoms with Crippen LogP contribution in [0.4, 0.5) is 4.39 Å². The Morgan fingerprint density at radius 1 is 1.27 bits per heavy atom. The highest BCUT2D eigenvalue weighted by molar-refractivity contribution is 5.95. The van der Waals surface area contributed by atoms with Gasteiger partial charge < -0.3 is 14.4 Å². The second-order valence-electron chi connectivity index (χ2n) is 7.28. The number of fused-ring (bicyclic) bond motifs is 1. The summed E-state index contributed by atoms with van der Waals surface area (Å²) in [4.78, 5) is 14.8. The molecule has 0 radical (unpaired) electrons. The van der Waals surface area contributed by atoms with E-state index in [-0.39, 0.29) is 17.1 Å². The average molecular weight is 355 g/mol. The molecule has 0 unspecified atom stereocenters. The molecule has 2 heterocycles. The number of likely N-dealkylation sites (tertiary alicyclic amines) is 1. The molecule has 2 aliphatic rings. The van der Waals surface area contributed by atoms with Gasteiger partial charge in [0.1, 0.15) is 5.82 Å². The van der Waals surface area contributed by atoms with E-state index in [4.69, 9.17) is 9.47 Å². The van der Waals surface area contributed by atoms with Gasteiger partial charge in [-0.3, -0.25) is 4.79 Å². The summed E-state index contributed by atoms with van der Waals surface area (Å²) in [6.45, 7) is 3.31. The van der Waals surface area contributed by atoms with Gasteiger partial charge in [-0.15, -0.1) is 0 Å². The number of halogens is 1. The molecule has 2 aromatic carbocycles. The van der Waals surface area contributed by atoms with Crippen molar-refractivity contribution in [1.29, 1.82) is 0 Å². The minimum Gasteiger partial charge on any atom is -0.384 e. The van der Waals surface area contributed by atoms with Gasteiger partial charge in [-0.25, -0.2) is 4.39 Å². The molecule has 0 aromatic heterocycles. The van der Waals surface area contributed by atoms with Gasteiger partial charge in [0.2, 0.25) is 0 Å². The highest BCUT2D eigenvalue weighted by Gasteiger charge is 2.51. The van der Waals surface area contributed by atoms with Crippen LogP contribution in [0, 0.1) is 17.2 Å². The van der Waals surface area contributed by atoms with Crippen molar-refractivity contribution in [3.8, 4) is 11.1 Å². The fraction of sp³-hybridized carbons (Fsp3) is 0.381. The van der Waals surface area contributed by atoms with Crippen LogP contribution in [-0.2, 0) is 9.47 Å². The summed E-state index contributed by atoms with van der Waals surface area (Å²) in [6.07, 6.45) is 0. The Morgan fingerprint density at radius 2 is 2.08 bits per heavy atom. The maximum atomic E-state index is 13.4. The van der Waals surface area contributed by atoms with E-state index in [0.717, 1.165) is 11.1 Å². The van der Waals surface area contributed by atoms with E-state index in [1.54, 1.807) is 13.2 Å². The Hall–Kier alpha value is -2.24. The Kier molecular flexibility index (Phi) is 4.51. The van der Waals surface area contributed by atoms with Gasteiger partial charge in [-0.2, -0.15) is 0 Å². The minimum absolute atomic E-state index is 0.0284. The molecule has 4 nitrogen and oxygen atoms in total. The fourth-order valence-corrected chi connectivity index (χ4v) is 4.13. The van der Waals surface area contributed by atoms with Crippen molar-refractivity contribution in [2.45, 2.75) is 0 Å². The molecule has 5 heteroatoms. The second-order valence-corrected chi connectivity index (χ2v) is 7.28. The number of benzene rings is 2. The number of amides is 1. The molecular formula is C21H22FNO3. The van der Waals surface area contributed by atoms with Gasteiger partial charge >= 0.3 is 0 Å². The van der Waals surface area contributed by atoms with Gasteiger partial charge in [0.25, 0.3) is 5.91 Å². The topological polar surface area (TPSA) is 38.8 Å². The van der Waals surface area contributed by atoms with Crippen molar-refractivity contribution in [2.24, 2.45) is 11.3 Å². The van der Waals surface area contributed by atoms with Crippen LogP contribution in [0.5, 0.6) is 0 Å². The molecule has 2 atom stereocenters. The molecule has 2 aliphatic heterocycles. The highest BCUT2D eigenvalue weighted by Crippen LogP contribution is 2.41. The predicted octanol–water partition coefficient (Wildman–Crippen LogP) is 3.23. The molecule has 2 saturated heterocycles. The Bertz CT molecular complexity index is 807. The summed E-state index contributed by atoms with van der Waals surface area (Å²) in [5, 5.41) is 0. The Morgan fingerprint density at radius 3 is 2.81 bits per heavy atom. The first-order chi connectivity index (χ1) is 12.6. The van der Waals surface area contributed by atoms with Crippen LogP contribution < -0.4 is 0 Å². The first kappa shape index (κ1) is 17.2. The van der Waals surface area contributed by atoms with E-state index in [9.17, 15) is 9.18 Å². The van der Waals surface area contributed by atoms with Crippen LogP contribution in [0.1, 0.15) is 10.4 Å². The summed E-state index contributed by atoms with van der Waals surface area (Å²) >= 11 is 0. The molecule has 0 N–H and O–H groups in total. The van der Waals surface area contributed by atoms with Crippen LogP contribution in [0.2, 0.25) is 0 Å². The van der Waals surface area contributed by atoms with E-state index in [2.05, 4.69) is 0 Å². The first-order valence-corrected chi connectivity index (χ1v) is 8.83. The standard InChI is InChI=1S/C21H22FNO3/c1-25-13-21-12-23(10-18(21)11-26-14-21)20(24)16-7-5-15(6-8-16)17-3-2-4-19(22)9-17/h2-9,18H,10-14H2,1H3/t18-,21-/m0/s1. The summed E-state index contributed by atoms with van der Waals surface area (Å²) in [5.74, 6) is 0.0931. The molecule has 0 aliphatic carbocycles. The second kappa shape index (κ2) is 6.82.